The third-order valence-corrected chi connectivity index (χ3v) is 2.07. The Hall–Kier alpha value is -2.50. The van der Waals surface area contributed by atoms with Crippen LogP contribution in [0.2, 0.25) is 0 Å². The molecule has 92 valence electrons. The molecule has 0 unspecified atom stereocenters. The predicted molar refractivity (Wildman–Crippen MR) is 60.1 cm³/mol. The molecule has 2 aromatic rings. The molecule has 1 aromatic carbocycles. The van der Waals surface area contributed by atoms with Gasteiger partial charge in [0.25, 0.3) is 0 Å². The van der Waals surface area contributed by atoms with E-state index in [1.165, 1.54) is 24.6 Å². The minimum atomic E-state index is -0.976. The molecule has 2 rings (SSSR count). The van der Waals surface area contributed by atoms with Crippen molar-refractivity contribution in [2.45, 2.75) is 0 Å². The van der Waals surface area contributed by atoms with E-state index in [1.54, 1.807) is 6.07 Å². The van der Waals surface area contributed by atoms with Gasteiger partial charge in [0.1, 0.15) is 0 Å². The van der Waals surface area contributed by atoms with Crippen molar-refractivity contribution in [2.24, 2.45) is 5.10 Å². The number of hydrogen-bond donors (Lipinski definition) is 1. The number of nitrogens with one attached hydrogen (secondary N) is 1. The summed E-state index contributed by atoms with van der Waals surface area (Å²) in [5.74, 6) is -2.33. The van der Waals surface area contributed by atoms with Gasteiger partial charge < -0.3 is 4.42 Å². The molecular weight excluding hydrogens is 242 g/mol. The van der Waals surface area contributed by atoms with Gasteiger partial charge in [-0.25, -0.2) is 14.2 Å². The highest BCUT2D eigenvalue weighted by Crippen LogP contribution is 2.06. The largest absolute Gasteiger partial charge is 0.459 e. The van der Waals surface area contributed by atoms with E-state index < -0.39 is 17.5 Å². The molecule has 0 aliphatic carbocycles. The van der Waals surface area contributed by atoms with E-state index in [0.29, 0.717) is 5.56 Å². The number of hydrogen-bond acceptors (Lipinski definition) is 3. The van der Waals surface area contributed by atoms with Crippen LogP contribution in [0.15, 0.2) is 46.1 Å². The van der Waals surface area contributed by atoms with Gasteiger partial charge in [0.05, 0.1) is 12.5 Å². The third kappa shape index (κ3) is 2.79. The van der Waals surface area contributed by atoms with Crippen LogP contribution in [0.4, 0.5) is 8.78 Å². The molecule has 0 atom stereocenters. The predicted octanol–water partition coefficient (Wildman–Crippen LogP) is 2.32. The van der Waals surface area contributed by atoms with Crippen LogP contribution in [-0.4, -0.2) is 12.1 Å². The first-order chi connectivity index (χ1) is 8.66. The molecule has 0 bridgehead atoms. The van der Waals surface area contributed by atoms with E-state index in [4.69, 9.17) is 4.42 Å². The average molecular weight is 250 g/mol. The van der Waals surface area contributed by atoms with Crippen LogP contribution in [0.3, 0.4) is 0 Å². The van der Waals surface area contributed by atoms with Crippen LogP contribution >= 0.6 is 0 Å². The molecule has 0 saturated carbocycles. The molecule has 0 aliphatic rings. The van der Waals surface area contributed by atoms with Gasteiger partial charge >= 0.3 is 5.91 Å². The van der Waals surface area contributed by atoms with Gasteiger partial charge in [0.2, 0.25) is 0 Å². The Balaban J connectivity index is 1.99. The quantitative estimate of drug-likeness (QED) is 0.671. The molecule has 0 radical (unpaired) electrons. The van der Waals surface area contributed by atoms with E-state index >= 15 is 0 Å². The van der Waals surface area contributed by atoms with Gasteiger partial charge in [-0.3, -0.25) is 4.79 Å². The standard InChI is InChI=1S/C12H8F2N2O2/c13-9-4-3-8(6-10(9)14)7-15-16-12(17)11-2-1-5-18-11/h1-7H,(H,16,17)/b15-7-. The lowest BCUT2D eigenvalue weighted by molar-refractivity contribution is 0.0927. The normalized spacial score (nSPS) is 10.8. The Labute approximate surface area is 101 Å². The number of carbonyl (C=O) groups excluding carboxylic acids is 1. The highest BCUT2D eigenvalue weighted by Gasteiger charge is 2.06. The monoisotopic (exact) mass is 250 g/mol. The lowest BCUT2D eigenvalue weighted by Crippen LogP contribution is -2.16. The van der Waals surface area contributed by atoms with E-state index in [0.717, 1.165) is 12.1 Å². The number of furan rings is 1. The third-order valence-electron chi connectivity index (χ3n) is 2.07. The summed E-state index contributed by atoms with van der Waals surface area (Å²) < 4.78 is 30.3. The molecule has 1 heterocycles. The first kappa shape index (κ1) is 12.0. The number of carbonyl (C=O) groups is 1. The SMILES string of the molecule is O=C(N/N=C\c1ccc(F)c(F)c1)c1ccco1. The van der Waals surface area contributed by atoms with Crippen LogP contribution in [0.25, 0.3) is 0 Å². The number of rotatable bonds is 3. The van der Waals surface area contributed by atoms with Gasteiger partial charge in [0, 0.05) is 0 Å². The van der Waals surface area contributed by atoms with Crippen molar-refractivity contribution in [3.8, 4) is 0 Å². The fourth-order valence-electron chi connectivity index (χ4n) is 1.22. The molecule has 1 aromatic heterocycles. The molecule has 1 amide bonds. The number of hydrazone groups is 1. The summed E-state index contributed by atoms with van der Waals surface area (Å²) in [4.78, 5) is 11.4. The summed E-state index contributed by atoms with van der Waals surface area (Å²) in [5, 5.41) is 3.59. The molecule has 0 fully saturated rings. The van der Waals surface area contributed by atoms with Gasteiger partial charge in [-0.05, 0) is 29.8 Å². The summed E-state index contributed by atoms with van der Waals surface area (Å²) in [6, 6.07) is 6.32. The molecule has 4 nitrogen and oxygen atoms in total. The van der Waals surface area contributed by atoms with Crippen LogP contribution in [-0.2, 0) is 0 Å². The zero-order chi connectivity index (χ0) is 13.0. The van der Waals surface area contributed by atoms with E-state index in [9.17, 15) is 13.6 Å². The minimum absolute atomic E-state index is 0.109. The van der Waals surface area contributed by atoms with Crippen molar-refractivity contribution >= 4 is 12.1 Å². The summed E-state index contributed by atoms with van der Waals surface area (Å²) in [6.07, 6.45) is 2.55. The van der Waals surface area contributed by atoms with Crippen LogP contribution < -0.4 is 5.43 Å². The van der Waals surface area contributed by atoms with Crippen LogP contribution in [0, 0.1) is 11.6 Å². The zero-order valence-corrected chi connectivity index (χ0v) is 9.06. The molecule has 6 heteroatoms. The smallest absolute Gasteiger partial charge is 0.307 e. The minimum Gasteiger partial charge on any atom is -0.459 e. The molecular formula is C12H8F2N2O2. The number of halogens is 2. The highest BCUT2D eigenvalue weighted by atomic mass is 19.2. The van der Waals surface area contributed by atoms with Gasteiger partial charge in [-0.15, -0.1) is 0 Å². The second-order valence-electron chi connectivity index (χ2n) is 3.35. The highest BCUT2D eigenvalue weighted by molar-refractivity contribution is 5.92. The van der Waals surface area contributed by atoms with Crippen LogP contribution in [0.5, 0.6) is 0 Å². The fraction of sp³-hybridized carbons (Fsp3) is 0. The number of amides is 1. The molecule has 0 spiro atoms. The Kier molecular flexibility index (Phi) is 3.47. The van der Waals surface area contributed by atoms with Crippen molar-refractivity contribution in [2.75, 3.05) is 0 Å². The summed E-state index contributed by atoms with van der Waals surface area (Å²) >= 11 is 0. The summed E-state index contributed by atoms with van der Waals surface area (Å²) in [5.41, 5.74) is 2.52. The van der Waals surface area contributed by atoms with Gasteiger partial charge in [0.15, 0.2) is 17.4 Å². The Morgan fingerprint density at radius 3 is 2.78 bits per heavy atom. The first-order valence-corrected chi connectivity index (χ1v) is 4.99. The Morgan fingerprint density at radius 2 is 2.11 bits per heavy atom. The maximum atomic E-state index is 12.8. The Morgan fingerprint density at radius 1 is 1.28 bits per heavy atom. The molecule has 0 aliphatic heterocycles. The Bertz CT molecular complexity index is 580. The lowest BCUT2D eigenvalue weighted by Gasteiger charge is -1.96. The average Bonchev–Trinajstić information content (AvgIpc) is 2.87. The molecule has 18 heavy (non-hydrogen) atoms. The summed E-state index contributed by atoms with van der Waals surface area (Å²) in [7, 11) is 0. The number of nitrogens with zero attached hydrogens (tertiary/aromatic N) is 1. The zero-order valence-electron chi connectivity index (χ0n) is 9.06. The van der Waals surface area contributed by atoms with E-state index in [2.05, 4.69) is 10.5 Å². The fourth-order valence-corrected chi connectivity index (χ4v) is 1.22. The molecule has 1 N–H and O–H groups in total. The van der Waals surface area contributed by atoms with Gasteiger partial charge in [-0.1, -0.05) is 6.07 Å². The second kappa shape index (κ2) is 5.22. The van der Waals surface area contributed by atoms with Crippen molar-refractivity contribution in [3.05, 3.63) is 59.6 Å². The second-order valence-corrected chi connectivity index (χ2v) is 3.35. The van der Waals surface area contributed by atoms with Crippen LogP contribution in [0.1, 0.15) is 16.1 Å². The van der Waals surface area contributed by atoms with E-state index in [1.807, 2.05) is 0 Å². The lowest BCUT2D eigenvalue weighted by atomic mass is 10.2. The first-order valence-electron chi connectivity index (χ1n) is 4.99. The maximum Gasteiger partial charge on any atom is 0.307 e. The van der Waals surface area contributed by atoms with Crippen molar-refractivity contribution in [1.82, 2.24) is 5.43 Å². The van der Waals surface area contributed by atoms with E-state index in [-0.39, 0.29) is 5.76 Å². The van der Waals surface area contributed by atoms with Crippen molar-refractivity contribution in [3.63, 3.8) is 0 Å². The molecule has 0 saturated heterocycles. The van der Waals surface area contributed by atoms with Crippen molar-refractivity contribution in [1.29, 1.82) is 0 Å². The van der Waals surface area contributed by atoms with Gasteiger partial charge in [-0.2, -0.15) is 5.10 Å². The number of benzene rings is 1. The van der Waals surface area contributed by atoms with Crippen molar-refractivity contribution < 1.29 is 18.0 Å². The topological polar surface area (TPSA) is 54.6 Å². The summed E-state index contributed by atoms with van der Waals surface area (Å²) in [6.45, 7) is 0. The maximum absolute atomic E-state index is 12.8.